The maximum absolute atomic E-state index is 13.1. The van der Waals surface area contributed by atoms with E-state index in [0.717, 1.165) is 12.8 Å². The quantitative estimate of drug-likeness (QED) is 0.682. The second-order valence-corrected chi connectivity index (χ2v) is 3.62. The lowest BCUT2D eigenvalue weighted by molar-refractivity contribution is 0.194. The van der Waals surface area contributed by atoms with Gasteiger partial charge in [-0.1, -0.05) is 12.1 Å². The number of benzene rings is 1. The van der Waals surface area contributed by atoms with Gasteiger partial charge in [-0.3, -0.25) is 0 Å². The zero-order valence-electron chi connectivity index (χ0n) is 7.09. The van der Waals surface area contributed by atoms with Gasteiger partial charge in [-0.25, -0.2) is 4.39 Å². The number of alkyl halides is 1. The van der Waals surface area contributed by atoms with Crippen LogP contribution in [0.25, 0.3) is 0 Å². The van der Waals surface area contributed by atoms with Gasteiger partial charge >= 0.3 is 0 Å². The maximum Gasteiger partial charge on any atom is 0.165 e. The molecule has 0 radical (unpaired) electrons. The highest BCUT2D eigenvalue weighted by molar-refractivity contribution is 6.18. The summed E-state index contributed by atoms with van der Waals surface area (Å²) in [4.78, 5) is 0. The van der Waals surface area contributed by atoms with Gasteiger partial charge in [-0.15, -0.1) is 11.6 Å². The Morgan fingerprint density at radius 3 is 2.62 bits per heavy atom. The molecule has 0 aliphatic heterocycles. The zero-order valence-corrected chi connectivity index (χ0v) is 7.85. The van der Waals surface area contributed by atoms with E-state index in [1.165, 1.54) is 6.07 Å². The molecule has 1 nitrogen and oxygen atoms in total. The van der Waals surface area contributed by atoms with Crippen molar-refractivity contribution in [2.75, 3.05) is 5.88 Å². The van der Waals surface area contributed by atoms with Gasteiger partial charge in [-0.2, -0.15) is 0 Å². The molecule has 0 unspecified atom stereocenters. The molecule has 1 aliphatic rings. The lowest BCUT2D eigenvalue weighted by Gasteiger charge is -2.15. The van der Waals surface area contributed by atoms with Crippen LogP contribution >= 0.6 is 11.6 Å². The van der Waals surface area contributed by atoms with Crippen LogP contribution in [0, 0.1) is 5.82 Å². The predicted molar refractivity (Wildman–Crippen MR) is 49.7 cm³/mol. The second kappa shape index (κ2) is 3.18. The fraction of sp³-hybridized carbons (Fsp3) is 0.400. The van der Waals surface area contributed by atoms with Crippen LogP contribution < -0.4 is 4.74 Å². The van der Waals surface area contributed by atoms with Gasteiger partial charge in [0.1, 0.15) is 5.60 Å². The molecular weight excluding hydrogens is 191 g/mol. The molecule has 70 valence electrons. The minimum atomic E-state index is -0.320. The summed E-state index contributed by atoms with van der Waals surface area (Å²) >= 11 is 5.71. The Hall–Kier alpha value is -0.760. The van der Waals surface area contributed by atoms with E-state index in [4.69, 9.17) is 16.3 Å². The standard InChI is InChI=1S/C10H10ClFO/c11-7-10(5-6-10)13-9-4-2-1-3-8(9)12/h1-4H,5-7H2. The number of hydrogen-bond acceptors (Lipinski definition) is 1. The lowest BCUT2D eigenvalue weighted by Crippen LogP contribution is -2.20. The first-order chi connectivity index (χ1) is 6.26. The summed E-state index contributed by atoms with van der Waals surface area (Å²) in [7, 11) is 0. The molecule has 1 saturated carbocycles. The number of ether oxygens (including phenoxy) is 1. The average Bonchev–Trinajstić information content (AvgIpc) is 2.90. The first kappa shape index (κ1) is 8.82. The summed E-state index contributed by atoms with van der Waals surface area (Å²) in [5.41, 5.74) is -0.288. The van der Waals surface area contributed by atoms with Gasteiger partial charge in [0.05, 0.1) is 5.88 Å². The normalized spacial score (nSPS) is 18.3. The Morgan fingerprint density at radius 1 is 1.38 bits per heavy atom. The van der Waals surface area contributed by atoms with E-state index >= 15 is 0 Å². The van der Waals surface area contributed by atoms with Crippen LogP contribution in [-0.2, 0) is 0 Å². The molecule has 0 N–H and O–H groups in total. The van der Waals surface area contributed by atoms with Gasteiger partial charge in [0.15, 0.2) is 11.6 Å². The molecule has 1 aromatic carbocycles. The van der Waals surface area contributed by atoms with Crippen molar-refractivity contribution in [3.05, 3.63) is 30.1 Å². The number of rotatable bonds is 3. The van der Waals surface area contributed by atoms with Crippen LogP contribution in [0.1, 0.15) is 12.8 Å². The number of hydrogen-bond donors (Lipinski definition) is 0. The highest BCUT2D eigenvalue weighted by atomic mass is 35.5. The van der Waals surface area contributed by atoms with Crippen molar-refractivity contribution in [1.82, 2.24) is 0 Å². The third kappa shape index (κ3) is 1.78. The highest BCUT2D eigenvalue weighted by Crippen LogP contribution is 2.41. The number of para-hydroxylation sites is 1. The van der Waals surface area contributed by atoms with Crippen LogP contribution in [0.5, 0.6) is 5.75 Å². The molecule has 3 heteroatoms. The summed E-state index contributed by atoms with van der Waals surface area (Å²) in [6.45, 7) is 0. The van der Waals surface area contributed by atoms with Crippen LogP contribution in [-0.4, -0.2) is 11.5 Å². The minimum absolute atomic E-state index is 0.288. The molecule has 1 fully saturated rings. The second-order valence-electron chi connectivity index (χ2n) is 3.35. The van der Waals surface area contributed by atoms with Crippen molar-refractivity contribution < 1.29 is 9.13 Å². The summed E-state index contributed by atoms with van der Waals surface area (Å²) in [6.07, 6.45) is 1.84. The van der Waals surface area contributed by atoms with Gasteiger partial charge in [-0.05, 0) is 25.0 Å². The van der Waals surface area contributed by atoms with E-state index in [1.807, 2.05) is 0 Å². The van der Waals surface area contributed by atoms with Crippen LogP contribution in [0.2, 0.25) is 0 Å². The molecule has 0 spiro atoms. The van der Waals surface area contributed by atoms with Gasteiger partial charge in [0.25, 0.3) is 0 Å². The molecule has 1 aliphatic carbocycles. The third-order valence-corrected chi connectivity index (χ3v) is 2.70. The Kier molecular flexibility index (Phi) is 2.16. The fourth-order valence-corrected chi connectivity index (χ4v) is 1.48. The molecule has 2 rings (SSSR count). The molecule has 0 amide bonds. The van der Waals surface area contributed by atoms with E-state index in [2.05, 4.69) is 0 Å². The minimum Gasteiger partial charge on any atom is -0.483 e. The Bertz CT molecular complexity index is 310. The zero-order chi connectivity index (χ0) is 9.31. The number of halogens is 2. The Morgan fingerprint density at radius 2 is 2.08 bits per heavy atom. The van der Waals surface area contributed by atoms with E-state index in [9.17, 15) is 4.39 Å². The average molecular weight is 201 g/mol. The largest absolute Gasteiger partial charge is 0.483 e. The van der Waals surface area contributed by atoms with Gasteiger partial charge < -0.3 is 4.74 Å². The van der Waals surface area contributed by atoms with E-state index < -0.39 is 0 Å². The summed E-state index contributed by atoms with van der Waals surface area (Å²) in [5, 5.41) is 0. The molecule has 0 bridgehead atoms. The van der Waals surface area contributed by atoms with E-state index in [0.29, 0.717) is 11.6 Å². The van der Waals surface area contributed by atoms with Gasteiger partial charge in [0, 0.05) is 0 Å². The predicted octanol–water partition coefficient (Wildman–Crippen LogP) is 2.98. The molecular formula is C10H10ClFO. The van der Waals surface area contributed by atoms with Crippen molar-refractivity contribution in [2.24, 2.45) is 0 Å². The van der Waals surface area contributed by atoms with Crippen LogP contribution in [0.3, 0.4) is 0 Å². The van der Waals surface area contributed by atoms with E-state index in [-0.39, 0.29) is 11.4 Å². The van der Waals surface area contributed by atoms with Crippen LogP contribution in [0.4, 0.5) is 4.39 Å². The monoisotopic (exact) mass is 200 g/mol. The first-order valence-corrected chi connectivity index (χ1v) is 4.79. The SMILES string of the molecule is Fc1ccccc1OC1(CCl)CC1. The molecule has 0 saturated heterocycles. The molecule has 13 heavy (non-hydrogen) atoms. The van der Waals surface area contributed by atoms with Crippen LogP contribution in [0.15, 0.2) is 24.3 Å². The van der Waals surface area contributed by atoms with Crippen molar-refractivity contribution in [2.45, 2.75) is 18.4 Å². The van der Waals surface area contributed by atoms with Crippen molar-refractivity contribution in [1.29, 1.82) is 0 Å². The molecule has 1 aromatic rings. The summed E-state index contributed by atoms with van der Waals surface area (Å²) in [5.74, 6) is 0.418. The first-order valence-electron chi connectivity index (χ1n) is 4.25. The van der Waals surface area contributed by atoms with Gasteiger partial charge in [0.2, 0.25) is 0 Å². The van der Waals surface area contributed by atoms with Crippen molar-refractivity contribution in [3.63, 3.8) is 0 Å². The smallest absolute Gasteiger partial charge is 0.165 e. The summed E-state index contributed by atoms with van der Waals surface area (Å²) in [6, 6.07) is 6.41. The maximum atomic E-state index is 13.1. The Balaban J connectivity index is 2.14. The molecule has 0 aromatic heterocycles. The fourth-order valence-electron chi connectivity index (χ4n) is 1.16. The Labute approximate surface area is 81.5 Å². The topological polar surface area (TPSA) is 9.23 Å². The molecule has 0 atom stereocenters. The van der Waals surface area contributed by atoms with Crippen molar-refractivity contribution >= 4 is 11.6 Å². The van der Waals surface area contributed by atoms with Crippen molar-refractivity contribution in [3.8, 4) is 5.75 Å². The van der Waals surface area contributed by atoms with E-state index in [1.54, 1.807) is 18.2 Å². The molecule has 0 heterocycles. The third-order valence-electron chi connectivity index (χ3n) is 2.21. The highest BCUT2D eigenvalue weighted by Gasteiger charge is 2.45. The lowest BCUT2D eigenvalue weighted by atomic mass is 10.3. The summed E-state index contributed by atoms with van der Waals surface area (Å²) < 4.78 is 18.6.